The van der Waals surface area contributed by atoms with Gasteiger partial charge >= 0.3 is 0 Å². The van der Waals surface area contributed by atoms with E-state index in [1.54, 1.807) is 18.3 Å². The lowest BCUT2D eigenvalue weighted by Gasteiger charge is -2.18. The van der Waals surface area contributed by atoms with Crippen LogP contribution in [-0.4, -0.2) is 30.7 Å². The van der Waals surface area contributed by atoms with Gasteiger partial charge in [-0.05, 0) is 52.0 Å². The third-order valence-electron chi connectivity index (χ3n) is 3.65. The Morgan fingerprint density at radius 2 is 1.65 bits per heavy atom. The Bertz CT molecular complexity index is 692. The first-order valence-electron chi connectivity index (χ1n) is 8.88. The summed E-state index contributed by atoms with van der Waals surface area (Å²) in [7, 11) is 0. The van der Waals surface area contributed by atoms with Crippen molar-refractivity contribution in [2.24, 2.45) is 0 Å². The predicted molar refractivity (Wildman–Crippen MR) is 100 cm³/mol. The molecule has 0 aliphatic heterocycles. The number of carbonyl (C=O) groups excluding carboxylic acids is 1. The molecule has 1 amide bonds. The molecule has 0 bridgehead atoms. The van der Waals surface area contributed by atoms with Gasteiger partial charge < -0.3 is 19.5 Å². The number of carbonyl (C=O) groups is 1. The molecular weight excluding hydrogens is 332 g/mol. The molecule has 0 saturated heterocycles. The summed E-state index contributed by atoms with van der Waals surface area (Å²) in [6.07, 6.45) is 1.70. The van der Waals surface area contributed by atoms with Crippen molar-refractivity contribution in [2.75, 3.05) is 19.8 Å². The summed E-state index contributed by atoms with van der Waals surface area (Å²) in [5.41, 5.74) is 1.24. The Hall–Kier alpha value is -2.76. The van der Waals surface area contributed by atoms with Crippen molar-refractivity contribution in [2.45, 2.75) is 33.7 Å². The normalized spacial score (nSPS) is 11.5. The molecule has 0 aliphatic carbocycles. The second kappa shape index (κ2) is 9.65. The number of ether oxygens (including phenoxy) is 3. The van der Waals surface area contributed by atoms with E-state index in [1.807, 2.05) is 45.9 Å². The van der Waals surface area contributed by atoms with E-state index in [9.17, 15) is 4.79 Å². The molecule has 6 heteroatoms. The van der Waals surface area contributed by atoms with Gasteiger partial charge in [0.2, 0.25) is 5.75 Å². The molecule has 1 atom stereocenters. The fourth-order valence-electron chi connectivity index (χ4n) is 2.51. The van der Waals surface area contributed by atoms with E-state index < -0.39 is 0 Å². The first kappa shape index (κ1) is 19.6. The molecule has 140 valence electrons. The zero-order chi connectivity index (χ0) is 18.9. The molecule has 0 spiro atoms. The summed E-state index contributed by atoms with van der Waals surface area (Å²) in [6.45, 7) is 8.94. The highest BCUT2D eigenvalue weighted by molar-refractivity contribution is 5.95. The van der Waals surface area contributed by atoms with Crippen LogP contribution in [0.1, 0.15) is 49.8 Å². The molecule has 0 unspecified atom stereocenters. The Morgan fingerprint density at radius 1 is 1.04 bits per heavy atom. The van der Waals surface area contributed by atoms with E-state index >= 15 is 0 Å². The number of nitrogens with zero attached hydrogens (tertiary/aromatic N) is 1. The van der Waals surface area contributed by atoms with Gasteiger partial charge in [-0.3, -0.25) is 9.78 Å². The third kappa shape index (κ3) is 4.88. The van der Waals surface area contributed by atoms with Crippen molar-refractivity contribution in [3.63, 3.8) is 0 Å². The topological polar surface area (TPSA) is 69.7 Å². The summed E-state index contributed by atoms with van der Waals surface area (Å²) in [5.74, 6) is 1.28. The van der Waals surface area contributed by atoms with Crippen LogP contribution in [0.2, 0.25) is 0 Å². The van der Waals surface area contributed by atoms with Crippen LogP contribution >= 0.6 is 0 Å². The summed E-state index contributed by atoms with van der Waals surface area (Å²) in [6, 6.07) is 8.74. The lowest BCUT2D eigenvalue weighted by atomic mass is 10.1. The molecule has 1 N–H and O–H groups in total. The van der Waals surface area contributed by atoms with Gasteiger partial charge in [-0.15, -0.1) is 0 Å². The van der Waals surface area contributed by atoms with Gasteiger partial charge in [0.25, 0.3) is 5.91 Å². The molecule has 0 aliphatic rings. The summed E-state index contributed by atoms with van der Waals surface area (Å²) in [5, 5.41) is 2.95. The van der Waals surface area contributed by atoms with Crippen molar-refractivity contribution in [1.82, 2.24) is 10.3 Å². The maximum atomic E-state index is 12.7. The quantitative estimate of drug-likeness (QED) is 0.739. The van der Waals surface area contributed by atoms with Gasteiger partial charge in [-0.2, -0.15) is 0 Å². The standard InChI is InChI=1S/C20H26N2O4/c1-5-24-17-12-15(13-18(25-6-2)19(17)26-7-3)20(23)22-14(4)16-10-8-9-11-21-16/h8-14H,5-7H2,1-4H3,(H,22,23)/t14-/m1/s1. The second-order valence-electron chi connectivity index (χ2n) is 5.55. The van der Waals surface area contributed by atoms with Crippen molar-refractivity contribution in [3.05, 3.63) is 47.8 Å². The molecule has 1 aromatic carbocycles. The first-order chi connectivity index (χ1) is 12.6. The van der Waals surface area contributed by atoms with Crippen molar-refractivity contribution in [1.29, 1.82) is 0 Å². The Morgan fingerprint density at radius 3 is 2.15 bits per heavy atom. The summed E-state index contributed by atoms with van der Waals surface area (Å²) in [4.78, 5) is 17.0. The average Bonchev–Trinajstić information content (AvgIpc) is 2.65. The largest absolute Gasteiger partial charge is 0.490 e. The third-order valence-corrected chi connectivity index (χ3v) is 3.65. The highest BCUT2D eigenvalue weighted by atomic mass is 16.5. The molecule has 6 nitrogen and oxygen atoms in total. The predicted octanol–water partition coefficient (Wildman–Crippen LogP) is 3.77. The van der Waals surface area contributed by atoms with E-state index in [1.165, 1.54) is 0 Å². The number of benzene rings is 1. The lowest BCUT2D eigenvalue weighted by molar-refractivity contribution is 0.0938. The van der Waals surface area contributed by atoms with Crippen LogP contribution in [0.3, 0.4) is 0 Å². The van der Waals surface area contributed by atoms with Crippen molar-refractivity contribution in [3.8, 4) is 17.2 Å². The SMILES string of the molecule is CCOc1cc(C(=O)N[C@H](C)c2ccccn2)cc(OCC)c1OCC. The molecule has 26 heavy (non-hydrogen) atoms. The number of hydrogen-bond donors (Lipinski definition) is 1. The summed E-state index contributed by atoms with van der Waals surface area (Å²) >= 11 is 0. The molecule has 2 rings (SSSR count). The van der Waals surface area contributed by atoms with E-state index in [0.29, 0.717) is 42.6 Å². The first-order valence-corrected chi connectivity index (χ1v) is 8.88. The van der Waals surface area contributed by atoms with Crippen LogP contribution in [0.25, 0.3) is 0 Å². The van der Waals surface area contributed by atoms with Crippen LogP contribution < -0.4 is 19.5 Å². The highest BCUT2D eigenvalue weighted by Gasteiger charge is 2.19. The Labute approximate surface area is 154 Å². The van der Waals surface area contributed by atoms with Gasteiger partial charge in [0.1, 0.15) is 0 Å². The molecule has 2 aromatic rings. The number of hydrogen-bond acceptors (Lipinski definition) is 5. The van der Waals surface area contributed by atoms with Gasteiger partial charge in [-0.1, -0.05) is 6.07 Å². The van der Waals surface area contributed by atoms with E-state index in [0.717, 1.165) is 5.69 Å². The minimum absolute atomic E-state index is 0.221. The minimum atomic E-state index is -0.229. The van der Waals surface area contributed by atoms with E-state index in [4.69, 9.17) is 14.2 Å². The average molecular weight is 358 g/mol. The maximum Gasteiger partial charge on any atom is 0.252 e. The monoisotopic (exact) mass is 358 g/mol. The van der Waals surface area contributed by atoms with Crippen molar-refractivity contribution < 1.29 is 19.0 Å². The molecule has 0 saturated carbocycles. The highest BCUT2D eigenvalue weighted by Crippen LogP contribution is 2.39. The molecule has 1 heterocycles. The Balaban J connectivity index is 2.30. The van der Waals surface area contributed by atoms with Crippen LogP contribution in [0.15, 0.2) is 36.5 Å². The molecule has 0 radical (unpaired) electrons. The number of nitrogens with one attached hydrogen (secondary N) is 1. The van der Waals surface area contributed by atoms with Gasteiger partial charge in [0.15, 0.2) is 11.5 Å². The molecule has 0 fully saturated rings. The van der Waals surface area contributed by atoms with Crippen LogP contribution in [-0.2, 0) is 0 Å². The second-order valence-corrected chi connectivity index (χ2v) is 5.55. The molecule has 1 aromatic heterocycles. The minimum Gasteiger partial charge on any atom is -0.490 e. The zero-order valence-electron chi connectivity index (χ0n) is 15.7. The summed E-state index contributed by atoms with van der Waals surface area (Å²) < 4.78 is 17.0. The zero-order valence-corrected chi connectivity index (χ0v) is 15.7. The lowest BCUT2D eigenvalue weighted by Crippen LogP contribution is -2.27. The number of aromatic nitrogens is 1. The van der Waals surface area contributed by atoms with Crippen LogP contribution in [0, 0.1) is 0 Å². The van der Waals surface area contributed by atoms with Gasteiger partial charge in [0.05, 0.1) is 31.6 Å². The van der Waals surface area contributed by atoms with Crippen LogP contribution in [0.4, 0.5) is 0 Å². The fourth-order valence-corrected chi connectivity index (χ4v) is 2.51. The number of pyridine rings is 1. The molecular formula is C20H26N2O4. The van der Waals surface area contributed by atoms with E-state index in [2.05, 4.69) is 10.3 Å². The maximum absolute atomic E-state index is 12.7. The number of amides is 1. The Kier molecular flexibility index (Phi) is 7.26. The fraction of sp³-hybridized carbons (Fsp3) is 0.400. The smallest absolute Gasteiger partial charge is 0.252 e. The van der Waals surface area contributed by atoms with Gasteiger partial charge in [-0.25, -0.2) is 0 Å². The van der Waals surface area contributed by atoms with Gasteiger partial charge in [0, 0.05) is 11.8 Å². The van der Waals surface area contributed by atoms with Crippen LogP contribution in [0.5, 0.6) is 17.2 Å². The van der Waals surface area contributed by atoms with Crippen molar-refractivity contribution >= 4 is 5.91 Å². The van der Waals surface area contributed by atoms with E-state index in [-0.39, 0.29) is 11.9 Å². The number of rotatable bonds is 9.